The number of thiophene rings is 1. The highest BCUT2D eigenvalue weighted by molar-refractivity contribution is 7.14. The number of benzene rings is 1. The minimum atomic E-state index is -0.896. The number of anilines is 1. The molecule has 0 saturated carbocycles. The van der Waals surface area contributed by atoms with Gasteiger partial charge in [-0.15, -0.1) is 11.3 Å². The van der Waals surface area contributed by atoms with Crippen molar-refractivity contribution in [3.8, 4) is 11.5 Å². The quantitative estimate of drug-likeness (QED) is 0.833. The standard InChI is InChI=1S/C19H19NO5S/c1-11(25-19(22)17-9-12-3-2-4-16(12)26-17)18(21)20-13-5-6-14-15(10-13)24-8-7-23-14/h5-6,9-11H,2-4,7-8H2,1H3,(H,20,21)/t11-/m0/s1. The van der Waals surface area contributed by atoms with E-state index in [2.05, 4.69) is 5.32 Å². The highest BCUT2D eigenvalue weighted by Crippen LogP contribution is 2.33. The number of carbonyl (C=O) groups is 2. The first-order chi connectivity index (χ1) is 12.6. The highest BCUT2D eigenvalue weighted by atomic mass is 32.1. The summed E-state index contributed by atoms with van der Waals surface area (Å²) in [7, 11) is 0. The molecule has 6 nitrogen and oxygen atoms in total. The topological polar surface area (TPSA) is 73.9 Å². The minimum absolute atomic E-state index is 0.390. The van der Waals surface area contributed by atoms with Crippen LogP contribution in [0.5, 0.6) is 11.5 Å². The van der Waals surface area contributed by atoms with Crippen LogP contribution in [0.2, 0.25) is 0 Å². The Morgan fingerprint density at radius 3 is 2.77 bits per heavy atom. The molecule has 2 aromatic rings. The summed E-state index contributed by atoms with van der Waals surface area (Å²) in [6.45, 7) is 2.55. The number of amides is 1. The van der Waals surface area contributed by atoms with Crippen molar-refractivity contribution in [2.75, 3.05) is 18.5 Å². The number of fused-ring (bicyclic) bond motifs is 2. The lowest BCUT2D eigenvalue weighted by molar-refractivity contribution is -0.123. The molecule has 2 aliphatic rings. The molecular weight excluding hydrogens is 354 g/mol. The molecule has 1 aliphatic heterocycles. The van der Waals surface area contributed by atoms with Gasteiger partial charge in [-0.3, -0.25) is 4.79 Å². The Hall–Kier alpha value is -2.54. The van der Waals surface area contributed by atoms with Gasteiger partial charge in [0.15, 0.2) is 17.6 Å². The van der Waals surface area contributed by atoms with Crippen LogP contribution in [0, 0.1) is 0 Å². The zero-order valence-corrected chi connectivity index (χ0v) is 15.2. The second-order valence-electron chi connectivity index (χ2n) is 6.31. The van der Waals surface area contributed by atoms with Gasteiger partial charge in [-0.1, -0.05) is 0 Å². The second kappa shape index (κ2) is 6.99. The van der Waals surface area contributed by atoms with E-state index in [1.807, 2.05) is 6.07 Å². The summed E-state index contributed by atoms with van der Waals surface area (Å²) in [5.74, 6) is 0.402. The van der Waals surface area contributed by atoms with Gasteiger partial charge < -0.3 is 19.5 Å². The monoisotopic (exact) mass is 373 g/mol. The summed E-state index contributed by atoms with van der Waals surface area (Å²) in [6.07, 6.45) is 2.28. The smallest absolute Gasteiger partial charge is 0.349 e. The van der Waals surface area contributed by atoms with Crippen molar-refractivity contribution >= 4 is 28.9 Å². The summed E-state index contributed by atoms with van der Waals surface area (Å²) in [5.41, 5.74) is 1.80. The summed E-state index contributed by atoms with van der Waals surface area (Å²) < 4.78 is 16.3. The number of carbonyl (C=O) groups excluding carboxylic acids is 2. The van der Waals surface area contributed by atoms with Crippen LogP contribution < -0.4 is 14.8 Å². The lowest BCUT2D eigenvalue weighted by Gasteiger charge is -2.19. The molecule has 1 aromatic carbocycles. The molecule has 0 radical (unpaired) electrons. The fraction of sp³-hybridized carbons (Fsp3) is 0.368. The number of hydrogen-bond donors (Lipinski definition) is 1. The van der Waals surface area contributed by atoms with E-state index < -0.39 is 12.1 Å². The first kappa shape index (κ1) is 16.9. The van der Waals surface area contributed by atoms with Crippen LogP contribution in [-0.2, 0) is 22.4 Å². The molecule has 1 amide bonds. The van der Waals surface area contributed by atoms with Crippen molar-refractivity contribution in [1.29, 1.82) is 0 Å². The van der Waals surface area contributed by atoms with E-state index in [9.17, 15) is 9.59 Å². The zero-order valence-electron chi connectivity index (χ0n) is 14.4. The Balaban J connectivity index is 1.37. The van der Waals surface area contributed by atoms with E-state index in [1.165, 1.54) is 21.8 Å². The third-order valence-electron chi connectivity index (χ3n) is 4.41. The van der Waals surface area contributed by atoms with Gasteiger partial charge in [-0.05, 0) is 49.9 Å². The molecule has 4 rings (SSSR count). The van der Waals surface area contributed by atoms with Gasteiger partial charge in [0.05, 0.1) is 0 Å². The van der Waals surface area contributed by atoms with Crippen LogP contribution in [-0.4, -0.2) is 31.2 Å². The Bertz CT molecular complexity index is 838. The SMILES string of the molecule is C[C@H](OC(=O)c1cc2c(s1)CCC2)C(=O)Nc1ccc2c(c1)OCCO2. The number of esters is 1. The third-order valence-corrected chi connectivity index (χ3v) is 5.63. The zero-order chi connectivity index (χ0) is 18.1. The van der Waals surface area contributed by atoms with Crippen molar-refractivity contribution in [3.05, 3.63) is 39.6 Å². The van der Waals surface area contributed by atoms with Crippen LogP contribution in [0.1, 0.15) is 33.5 Å². The number of ether oxygens (including phenoxy) is 3. The van der Waals surface area contributed by atoms with Crippen molar-refractivity contribution in [3.63, 3.8) is 0 Å². The summed E-state index contributed by atoms with van der Waals surface area (Å²) in [4.78, 5) is 26.4. The predicted octanol–water partition coefficient (Wildman–Crippen LogP) is 3.19. The molecule has 1 atom stereocenters. The van der Waals surface area contributed by atoms with Gasteiger partial charge in [0.2, 0.25) is 0 Å². The fourth-order valence-electron chi connectivity index (χ4n) is 3.07. The van der Waals surface area contributed by atoms with Crippen LogP contribution in [0.3, 0.4) is 0 Å². The molecule has 7 heteroatoms. The van der Waals surface area contributed by atoms with Crippen LogP contribution in [0.4, 0.5) is 5.69 Å². The molecule has 26 heavy (non-hydrogen) atoms. The van der Waals surface area contributed by atoms with Crippen LogP contribution >= 0.6 is 11.3 Å². The number of nitrogens with one attached hydrogen (secondary N) is 1. The first-order valence-electron chi connectivity index (χ1n) is 8.63. The summed E-state index contributed by atoms with van der Waals surface area (Å²) in [5, 5.41) is 2.74. The molecule has 1 N–H and O–H groups in total. The van der Waals surface area contributed by atoms with Gasteiger partial charge >= 0.3 is 5.97 Å². The second-order valence-corrected chi connectivity index (χ2v) is 7.44. The van der Waals surface area contributed by atoms with Gasteiger partial charge in [0.1, 0.15) is 18.1 Å². The van der Waals surface area contributed by atoms with Gasteiger partial charge in [0, 0.05) is 16.6 Å². The van der Waals surface area contributed by atoms with Crippen LogP contribution in [0.25, 0.3) is 0 Å². The largest absolute Gasteiger partial charge is 0.486 e. The molecule has 2 heterocycles. The third kappa shape index (κ3) is 3.39. The highest BCUT2D eigenvalue weighted by Gasteiger charge is 2.23. The lowest BCUT2D eigenvalue weighted by Crippen LogP contribution is -2.29. The summed E-state index contributed by atoms with van der Waals surface area (Å²) in [6, 6.07) is 7.06. The Morgan fingerprint density at radius 2 is 1.96 bits per heavy atom. The molecule has 0 saturated heterocycles. The van der Waals surface area contributed by atoms with Gasteiger partial charge in [-0.2, -0.15) is 0 Å². The molecule has 0 bridgehead atoms. The van der Waals surface area contributed by atoms with Crippen molar-refractivity contribution in [1.82, 2.24) is 0 Å². The maximum atomic E-state index is 12.3. The number of rotatable bonds is 4. The van der Waals surface area contributed by atoms with E-state index in [4.69, 9.17) is 14.2 Å². The molecule has 0 spiro atoms. The normalized spacial score (nSPS) is 15.9. The van der Waals surface area contributed by atoms with E-state index in [0.717, 1.165) is 19.3 Å². The van der Waals surface area contributed by atoms with E-state index in [0.29, 0.717) is 35.3 Å². The Morgan fingerprint density at radius 1 is 1.15 bits per heavy atom. The molecule has 1 aromatic heterocycles. The van der Waals surface area contributed by atoms with E-state index in [1.54, 1.807) is 25.1 Å². The van der Waals surface area contributed by atoms with Crippen molar-refractivity contribution in [2.45, 2.75) is 32.3 Å². The average Bonchev–Trinajstić information content (AvgIpc) is 3.23. The van der Waals surface area contributed by atoms with Crippen molar-refractivity contribution < 1.29 is 23.8 Å². The first-order valence-corrected chi connectivity index (χ1v) is 9.45. The summed E-state index contributed by atoms with van der Waals surface area (Å²) >= 11 is 1.47. The van der Waals surface area contributed by atoms with Crippen molar-refractivity contribution in [2.24, 2.45) is 0 Å². The Labute approximate surface area is 155 Å². The molecule has 1 aliphatic carbocycles. The maximum Gasteiger partial charge on any atom is 0.349 e. The fourth-order valence-corrected chi connectivity index (χ4v) is 4.20. The van der Waals surface area contributed by atoms with Crippen LogP contribution in [0.15, 0.2) is 24.3 Å². The van der Waals surface area contributed by atoms with E-state index >= 15 is 0 Å². The van der Waals surface area contributed by atoms with Gasteiger partial charge in [0.25, 0.3) is 5.91 Å². The molecular formula is C19H19NO5S. The molecule has 136 valence electrons. The number of aryl methyl sites for hydroxylation is 2. The maximum absolute atomic E-state index is 12.3. The molecule has 0 fully saturated rings. The predicted molar refractivity (Wildman–Crippen MR) is 97.3 cm³/mol. The van der Waals surface area contributed by atoms with E-state index in [-0.39, 0.29) is 5.91 Å². The molecule has 0 unspecified atom stereocenters. The lowest BCUT2D eigenvalue weighted by atomic mass is 10.2. The Kier molecular flexibility index (Phi) is 4.55. The van der Waals surface area contributed by atoms with Gasteiger partial charge in [-0.25, -0.2) is 4.79 Å². The average molecular weight is 373 g/mol. The number of hydrogen-bond acceptors (Lipinski definition) is 6. The minimum Gasteiger partial charge on any atom is -0.486 e.